The fourth-order valence-corrected chi connectivity index (χ4v) is 4.72. The molecule has 3 aromatic rings. The van der Waals surface area contributed by atoms with Gasteiger partial charge in [0.05, 0.1) is 12.1 Å². The van der Waals surface area contributed by atoms with Gasteiger partial charge in [-0.3, -0.25) is 0 Å². The van der Waals surface area contributed by atoms with E-state index in [4.69, 9.17) is 4.74 Å². The number of ether oxygens (including phenoxy) is 1. The third kappa shape index (κ3) is 3.35. The Labute approximate surface area is 171 Å². The molecular weight excluding hydrogens is 360 g/mol. The van der Waals surface area contributed by atoms with Crippen LogP contribution in [-0.4, -0.2) is 17.5 Å². The fraction of sp³-hybridized carbons (Fsp3) is 0.240. The number of carbonyl (C=O) groups is 1. The highest BCUT2D eigenvalue weighted by Gasteiger charge is 2.46. The summed E-state index contributed by atoms with van der Waals surface area (Å²) in [6, 6.07) is 28.9. The molecule has 0 unspecified atom stereocenters. The Bertz CT molecular complexity index is 990. The molecule has 0 bridgehead atoms. The van der Waals surface area contributed by atoms with Crippen molar-refractivity contribution in [1.82, 2.24) is 4.90 Å². The van der Waals surface area contributed by atoms with Crippen LogP contribution >= 0.6 is 0 Å². The van der Waals surface area contributed by atoms with Gasteiger partial charge >= 0.3 is 6.09 Å². The van der Waals surface area contributed by atoms with Crippen molar-refractivity contribution >= 4 is 11.8 Å². The summed E-state index contributed by atoms with van der Waals surface area (Å²) in [6.45, 7) is 1.01. The molecule has 146 valence electrons. The zero-order chi connectivity index (χ0) is 19.6. The van der Waals surface area contributed by atoms with E-state index in [-0.39, 0.29) is 18.2 Å². The zero-order valence-electron chi connectivity index (χ0n) is 16.2. The number of para-hydroxylation sites is 1. The normalized spacial score (nSPS) is 22.3. The lowest BCUT2D eigenvalue weighted by molar-refractivity contribution is 0.0865. The molecule has 0 radical (unpaired) electrons. The van der Waals surface area contributed by atoms with Gasteiger partial charge in [-0.25, -0.2) is 4.79 Å². The van der Waals surface area contributed by atoms with Crippen molar-refractivity contribution in [2.75, 3.05) is 11.9 Å². The molecule has 0 spiro atoms. The first kappa shape index (κ1) is 17.8. The van der Waals surface area contributed by atoms with Crippen molar-refractivity contribution in [1.29, 1.82) is 0 Å². The van der Waals surface area contributed by atoms with Crippen molar-refractivity contribution in [3.63, 3.8) is 0 Å². The molecule has 0 aliphatic carbocycles. The largest absolute Gasteiger partial charge is 0.445 e. The number of anilines is 1. The van der Waals surface area contributed by atoms with Crippen molar-refractivity contribution < 1.29 is 9.53 Å². The maximum absolute atomic E-state index is 13.0. The summed E-state index contributed by atoms with van der Waals surface area (Å²) >= 11 is 0. The van der Waals surface area contributed by atoms with E-state index in [1.54, 1.807) is 0 Å². The minimum atomic E-state index is -0.232. The van der Waals surface area contributed by atoms with Gasteiger partial charge in [-0.2, -0.15) is 0 Å². The molecule has 3 atom stereocenters. The summed E-state index contributed by atoms with van der Waals surface area (Å²) in [6.07, 6.45) is 0.719. The minimum Gasteiger partial charge on any atom is -0.445 e. The molecule has 1 fully saturated rings. The molecule has 2 aliphatic heterocycles. The van der Waals surface area contributed by atoms with E-state index >= 15 is 0 Å². The van der Waals surface area contributed by atoms with Gasteiger partial charge < -0.3 is 15.0 Å². The number of benzene rings is 3. The standard InChI is InChI=1S/C25H24N2O2/c28-25(29-17-18-9-3-1-4-10-18)27-16-15-21-23(19-11-5-2-6-12-19)26-22-14-8-7-13-20(22)24(21)27/h1-14,21,23-24,26H,15-17H2/t21-,23-,24+/m0/s1. The predicted octanol–water partition coefficient (Wildman–Crippen LogP) is 5.55. The van der Waals surface area contributed by atoms with Gasteiger partial charge in [-0.05, 0) is 29.2 Å². The number of likely N-dealkylation sites (tertiary alicyclic amines) is 1. The Morgan fingerprint density at radius 2 is 1.62 bits per heavy atom. The number of hydrogen-bond donors (Lipinski definition) is 1. The third-order valence-electron chi connectivity index (χ3n) is 6.06. The summed E-state index contributed by atoms with van der Waals surface area (Å²) in [5.74, 6) is 0.316. The van der Waals surface area contributed by atoms with E-state index in [9.17, 15) is 4.79 Å². The zero-order valence-corrected chi connectivity index (χ0v) is 16.2. The summed E-state index contributed by atoms with van der Waals surface area (Å²) in [7, 11) is 0. The van der Waals surface area contributed by atoms with Crippen LogP contribution in [0.15, 0.2) is 84.9 Å². The molecule has 29 heavy (non-hydrogen) atoms. The molecule has 2 heterocycles. The highest BCUT2D eigenvalue weighted by molar-refractivity contribution is 5.71. The van der Waals surface area contributed by atoms with Crippen molar-refractivity contribution in [3.05, 3.63) is 102 Å². The number of nitrogens with one attached hydrogen (secondary N) is 1. The SMILES string of the molecule is O=C(OCc1ccccc1)N1CC[C@@H]2[C@H]1c1ccccc1N[C@H]2c1ccccc1. The van der Waals surface area contributed by atoms with E-state index in [1.807, 2.05) is 53.4 Å². The molecule has 0 saturated carbocycles. The van der Waals surface area contributed by atoms with Crippen LogP contribution in [-0.2, 0) is 11.3 Å². The van der Waals surface area contributed by atoms with E-state index in [2.05, 4.69) is 41.7 Å². The first-order chi connectivity index (χ1) is 14.3. The molecule has 4 heteroatoms. The number of hydrogen-bond acceptors (Lipinski definition) is 3. The quantitative estimate of drug-likeness (QED) is 0.643. The van der Waals surface area contributed by atoms with Crippen LogP contribution in [0.4, 0.5) is 10.5 Å². The first-order valence-electron chi connectivity index (χ1n) is 10.2. The van der Waals surface area contributed by atoms with Crippen LogP contribution in [0.2, 0.25) is 0 Å². The molecular formula is C25H24N2O2. The Balaban J connectivity index is 1.42. The molecule has 1 amide bonds. The maximum Gasteiger partial charge on any atom is 0.410 e. The van der Waals surface area contributed by atoms with E-state index in [1.165, 1.54) is 11.1 Å². The molecule has 1 saturated heterocycles. The monoisotopic (exact) mass is 384 g/mol. The van der Waals surface area contributed by atoms with Crippen LogP contribution < -0.4 is 5.32 Å². The Hall–Kier alpha value is -3.27. The van der Waals surface area contributed by atoms with Gasteiger partial charge in [0.25, 0.3) is 0 Å². The average molecular weight is 384 g/mol. The van der Waals surface area contributed by atoms with Gasteiger partial charge in [0.1, 0.15) is 6.61 Å². The number of fused-ring (bicyclic) bond motifs is 3. The highest BCUT2D eigenvalue weighted by atomic mass is 16.6. The minimum absolute atomic E-state index is 0.0286. The molecule has 3 aromatic carbocycles. The molecule has 5 rings (SSSR count). The highest BCUT2D eigenvalue weighted by Crippen LogP contribution is 2.51. The second-order valence-electron chi connectivity index (χ2n) is 7.75. The first-order valence-corrected chi connectivity index (χ1v) is 10.2. The average Bonchev–Trinajstić information content (AvgIpc) is 3.24. The second kappa shape index (κ2) is 7.63. The van der Waals surface area contributed by atoms with E-state index < -0.39 is 0 Å². The van der Waals surface area contributed by atoms with Gasteiger partial charge in [-0.1, -0.05) is 78.9 Å². The van der Waals surface area contributed by atoms with Crippen LogP contribution in [0.25, 0.3) is 0 Å². The molecule has 0 aromatic heterocycles. The maximum atomic E-state index is 13.0. The predicted molar refractivity (Wildman–Crippen MR) is 113 cm³/mol. The lowest BCUT2D eigenvalue weighted by atomic mass is 9.80. The van der Waals surface area contributed by atoms with Gasteiger partial charge in [0, 0.05) is 18.2 Å². The van der Waals surface area contributed by atoms with Gasteiger partial charge in [-0.15, -0.1) is 0 Å². The molecule has 2 aliphatic rings. The van der Waals surface area contributed by atoms with Crippen LogP contribution in [0.5, 0.6) is 0 Å². The fourth-order valence-electron chi connectivity index (χ4n) is 4.72. The number of amides is 1. The van der Waals surface area contributed by atoms with Crippen LogP contribution in [0.3, 0.4) is 0 Å². The summed E-state index contributed by atoms with van der Waals surface area (Å²) in [5, 5.41) is 3.72. The van der Waals surface area contributed by atoms with Crippen molar-refractivity contribution in [2.24, 2.45) is 5.92 Å². The summed E-state index contributed by atoms with van der Waals surface area (Å²) in [5.41, 5.74) is 4.55. The summed E-state index contributed by atoms with van der Waals surface area (Å²) < 4.78 is 5.68. The Kier molecular flexibility index (Phi) is 4.68. The smallest absolute Gasteiger partial charge is 0.410 e. The molecule has 1 N–H and O–H groups in total. The second-order valence-corrected chi connectivity index (χ2v) is 7.75. The third-order valence-corrected chi connectivity index (χ3v) is 6.06. The van der Waals surface area contributed by atoms with E-state index in [0.29, 0.717) is 19.1 Å². The van der Waals surface area contributed by atoms with Crippen LogP contribution in [0, 0.1) is 5.92 Å². The van der Waals surface area contributed by atoms with Crippen molar-refractivity contribution in [2.45, 2.75) is 25.1 Å². The number of nitrogens with zero attached hydrogens (tertiary/aromatic N) is 1. The Morgan fingerprint density at radius 3 is 2.41 bits per heavy atom. The number of rotatable bonds is 3. The number of carbonyl (C=O) groups excluding carboxylic acids is 1. The lowest BCUT2D eigenvalue weighted by Crippen LogP contribution is -2.37. The van der Waals surface area contributed by atoms with Crippen LogP contribution in [0.1, 0.15) is 35.2 Å². The van der Waals surface area contributed by atoms with E-state index in [0.717, 1.165) is 17.7 Å². The lowest BCUT2D eigenvalue weighted by Gasteiger charge is -2.39. The Morgan fingerprint density at radius 1 is 0.931 bits per heavy atom. The van der Waals surface area contributed by atoms with Gasteiger partial charge in [0.2, 0.25) is 0 Å². The summed E-state index contributed by atoms with van der Waals surface area (Å²) in [4.78, 5) is 14.9. The van der Waals surface area contributed by atoms with Crippen molar-refractivity contribution in [3.8, 4) is 0 Å². The van der Waals surface area contributed by atoms with Gasteiger partial charge in [0.15, 0.2) is 0 Å². The molecule has 4 nitrogen and oxygen atoms in total. The topological polar surface area (TPSA) is 41.6 Å².